The number of benzene rings is 1. The van der Waals surface area contributed by atoms with E-state index < -0.39 is 6.43 Å². The second kappa shape index (κ2) is 3.49. The number of nitrogens with two attached hydrogens (primary N) is 1. The molecule has 66 valence electrons. The van der Waals surface area contributed by atoms with Gasteiger partial charge in [-0.05, 0) is 17.7 Å². The third kappa shape index (κ3) is 1.71. The quantitative estimate of drug-likeness (QED) is 0.716. The van der Waals surface area contributed by atoms with Crippen LogP contribution in [0, 0.1) is 0 Å². The first kappa shape index (κ1) is 8.93. The van der Waals surface area contributed by atoms with Crippen molar-refractivity contribution < 1.29 is 13.9 Å². The molecular weight excluding hydrogens is 164 g/mol. The van der Waals surface area contributed by atoms with Crippen molar-refractivity contribution in [2.75, 3.05) is 0 Å². The van der Waals surface area contributed by atoms with E-state index in [9.17, 15) is 8.78 Å². The summed E-state index contributed by atoms with van der Waals surface area (Å²) in [6.07, 6.45) is -2.66. The molecule has 2 nitrogen and oxygen atoms in total. The topological polar surface area (TPSA) is 46.2 Å². The molecule has 3 N–H and O–H groups in total. The van der Waals surface area contributed by atoms with Crippen LogP contribution in [0.3, 0.4) is 0 Å². The molecule has 0 heterocycles. The van der Waals surface area contributed by atoms with Gasteiger partial charge in [-0.25, -0.2) is 8.78 Å². The fraction of sp³-hybridized carbons (Fsp3) is 0.250. The number of phenolic OH excluding ortho intramolecular Hbond substituents is 1. The van der Waals surface area contributed by atoms with Gasteiger partial charge >= 0.3 is 0 Å². The minimum absolute atomic E-state index is 0.194. The van der Waals surface area contributed by atoms with Crippen LogP contribution in [0.25, 0.3) is 0 Å². The molecular formula is C8H9F2NO. The smallest absolute Gasteiger partial charge is 0.267 e. The van der Waals surface area contributed by atoms with E-state index in [-0.39, 0.29) is 17.9 Å². The highest BCUT2D eigenvalue weighted by molar-refractivity contribution is 5.36. The second-order valence-corrected chi connectivity index (χ2v) is 2.40. The number of phenols is 1. The van der Waals surface area contributed by atoms with Gasteiger partial charge in [0.15, 0.2) is 0 Å². The van der Waals surface area contributed by atoms with Gasteiger partial charge in [-0.1, -0.05) is 6.07 Å². The first-order valence-corrected chi connectivity index (χ1v) is 3.45. The normalized spacial score (nSPS) is 10.7. The van der Waals surface area contributed by atoms with Crippen LogP contribution in [-0.2, 0) is 6.54 Å². The Morgan fingerprint density at radius 2 is 2.08 bits per heavy atom. The van der Waals surface area contributed by atoms with Crippen LogP contribution >= 0.6 is 0 Å². The number of rotatable bonds is 2. The van der Waals surface area contributed by atoms with Gasteiger partial charge in [0, 0.05) is 6.54 Å². The van der Waals surface area contributed by atoms with E-state index in [0.717, 1.165) is 0 Å². The number of hydrogen-bond donors (Lipinski definition) is 2. The molecule has 0 radical (unpaired) electrons. The zero-order valence-electron chi connectivity index (χ0n) is 6.30. The van der Waals surface area contributed by atoms with E-state index in [1.165, 1.54) is 18.2 Å². The van der Waals surface area contributed by atoms with Crippen LogP contribution < -0.4 is 5.73 Å². The van der Waals surface area contributed by atoms with Crippen molar-refractivity contribution in [3.05, 3.63) is 29.3 Å². The molecule has 12 heavy (non-hydrogen) atoms. The van der Waals surface area contributed by atoms with Crippen molar-refractivity contribution in [1.82, 2.24) is 0 Å². The standard InChI is InChI=1S/C8H9F2NO/c9-8(10)6-3-5(4-11)1-2-7(6)12/h1-3,8,12H,4,11H2. The monoisotopic (exact) mass is 173 g/mol. The fourth-order valence-electron chi connectivity index (χ4n) is 0.906. The predicted molar refractivity (Wildman–Crippen MR) is 41.0 cm³/mol. The van der Waals surface area contributed by atoms with Gasteiger partial charge in [-0.3, -0.25) is 0 Å². The van der Waals surface area contributed by atoms with Crippen molar-refractivity contribution in [2.24, 2.45) is 5.73 Å². The van der Waals surface area contributed by atoms with Gasteiger partial charge in [-0.15, -0.1) is 0 Å². The van der Waals surface area contributed by atoms with E-state index in [2.05, 4.69) is 0 Å². The third-order valence-electron chi connectivity index (χ3n) is 1.56. The summed E-state index contributed by atoms with van der Waals surface area (Å²) in [5, 5.41) is 8.98. The predicted octanol–water partition coefficient (Wildman–Crippen LogP) is 1.79. The van der Waals surface area contributed by atoms with Crippen LogP contribution in [0.1, 0.15) is 17.6 Å². The molecule has 0 aliphatic carbocycles. The van der Waals surface area contributed by atoms with Gasteiger partial charge in [0.05, 0.1) is 5.56 Å². The van der Waals surface area contributed by atoms with Crippen molar-refractivity contribution in [3.63, 3.8) is 0 Å². The van der Waals surface area contributed by atoms with E-state index in [1.54, 1.807) is 0 Å². The Bertz CT molecular complexity index is 276. The van der Waals surface area contributed by atoms with Gasteiger partial charge in [0.2, 0.25) is 0 Å². The van der Waals surface area contributed by atoms with E-state index in [1.807, 2.05) is 0 Å². The maximum Gasteiger partial charge on any atom is 0.267 e. The minimum atomic E-state index is -2.66. The van der Waals surface area contributed by atoms with Crippen LogP contribution in [0.15, 0.2) is 18.2 Å². The largest absolute Gasteiger partial charge is 0.507 e. The number of aromatic hydroxyl groups is 1. The summed E-state index contributed by atoms with van der Waals surface area (Å²) >= 11 is 0. The molecule has 0 aromatic heterocycles. The first-order chi connectivity index (χ1) is 5.65. The SMILES string of the molecule is NCc1ccc(O)c(C(F)F)c1. The number of hydrogen-bond acceptors (Lipinski definition) is 2. The van der Waals surface area contributed by atoms with Gasteiger partial charge in [-0.2, -0.15) is 0 Å². The molecule has 1 aromatic carbocycles. The Morgan fingerprint density at radius 3 is 2.58 bits per heavy atom. The average Bonchev–Trinajstić information content (AvgIpc) is 2.05. The Kier molecular flexibility index (Phi) is 2.60. The molecule has 0 aliphatic heterocycles. The summed E-state index contributed by atoms with van der Waals surface area (Å²) in [6.45, 7) is 0.194. The summed E-state index contributed by atoms with van der Waals surface area (Å²) in [7, 11) is 0. The number of halogens is 2. The van der Waals surface area contributed by atoms with Gasteiger partial charge in [0.25, 0.3) is 6.43 Å². The van der Waals surface area contributed by atoms with Crippen molar-refractivity contribution in [2.45, 2.75) is 13.0 Å². The fourth-order valence-corrected chi connectivity index (χ4v) is 0.906. The maximum absolute atomic E-state index is 12.1. The number of alkyl halides is 2. The average molecular weight is 173 g/mol. The van der Waals surface area contributed by atoms with Crippen LogP contribution in [-0.4, -0.2) is 5.11 Å². The van der Waals surface area contributed by atoms with E-state index in [4.69, 9.17) is 10.8 Å². The summed E-state index contributed by atoms with van der Waals surface area (Å²) in [4.78, 5) is 0. The van der Waals surface area contributed by atoms with Crippen LogP contribution in [0.5, 0.6) is 5.75 Å². The molecule has 0 saturated heterocycles. The molecule has 0 bridgehead atoms. The summed E-state index contributed by atoms with van der Waals surface area (Å²) in [5.74, 6) is -0.387. The highest BCUT2D eigenvalue weighted by Crippen LogP contribution is 2.28. The molecule has 0 atom stereocenters. The molecule has 0 saturated carbocycles. The molecule has 4 heteroatoms. The summed E-state index contributed by atoms with van der Waals surface area (Å²) < 4.78 is 24.3. The second-order valence-electron chi connectivity index (χ2n) is 2.40. The lowest BCUT2D eigenvalue weighted by atomic mass is 10.1. The van der Waals surface area contributed by atoms with Gasteiger partial charge < -0.3 is 10.8 Å². The molecule has 1 aromatic rings. The zero-order chi connectivity index (χ0) is 9.14. The van der Waals surface area contributed by atoms with E-state index in [0.29, 0.717) is 5.56 Å². The lowest BCUT2D eigenvalue weighted by molar-refractivity contribution is 0.147. The molecule has 0 aliphatic rings. The lowest BCUT2D eigenvalue weighted by Crippen LogP contribution is -1.97. The maximum atomic E-state index is 12.1. The van der Waals surface area contributed by atoms with Crippen molar-refractivity contribution in [1.29, 1.82) is 0 Å². The van der Waals surface area contributed by atoms with Crippen LogP contribution in [0.2, 0.25) is 0 Å². The summed E-state index contributed by atoms with van der Waals surface area (Å²) in [5.41, 5.74) is 5.47. The molecule has 0 fully saturated rings. The molecule has 0 spiro atoms. The molecule has 0 unspecified atom stereocenters. The Morgan fingerprint density at radius 1 is 1.42 bits per heavy atom. The Balaban J connectivity index is 3.08. The van der Waals surface area contributed by atoms with Crippen LogP contribution in [0.4, 0.5) is 8.78 Å². The highest BCUT2D eigenvalue weighted by atomic mass is 19.3. The minimum Gasteiger partial charge on any atom is -0.507 e. The highest BCUT2D eigenvalue weighted by Gasteiger charge is 2.12. The van der Waals surface area contributed by atoms with Gasteiger partial charge in [0.1, 0.15) is 5.75 Å². The summed E-state index contributed by atoms with van der Waals surface area (Å²) in [6, 6.07) is 3.95. The third-order valence-corrected chi connectivity index (χ3v) is 1.56. The zero-order valence-corrected chi connectivity index (χ0v) is 6.30. The Labute approximate surface area is 68.6 Å². The molecule has 0 amide bonds. The van der Waals surface area contributed by atoms with Crippen molar-refractivity contribution >= 4 is 0 Å². The van der Waals surface area contributed by atoms with E-state index >= 15 is 0 Å². The first-order valence-electron chi connectivity index (χ1n) is 3.45. The van der Waals surface area contributed by atoms with Crippen molar-refractivity contribution in [3.8, 4) is 5.75 Å². The Hall–Kier alpha value is -1.16. The molecule has 1 rings (SSSR count). The lowest BCUT2D eigenvalue weighted by Gasteiger charge is -2.04.